The van der Waals surface area contributed by atoms with E-state index in [0.29, 0.717) is 12.1 Å². The maximum atomic E-state index is 12.3. The van der Waals surface area contributed by atoms with Crippen molar-refractivity contribution >= 4 is 21.8 Å². The molecule has 0 saturated heterocycles. The molecule has 0 aromatic heterocycles. The number of nitrogens with one attached hydrogen (secondary N) is 1. The van der Waals surface area contributed by atoms with Gasteiger partial charge in [-0.15, -0.1) is 0 Å². The highest BCUT2D eigenvalue weighted by molar-refractivity contribution is 8.00. The number of sulfonamides is 1. The van der Waals surface area contributed by atoms with Crippen molar-refractivity contribution in [2.24, 2.45) is 0 Å². The fraction of sp³-hybridized carbons (Fsp3) is 0.467. The van der Waals surface area contributed by atoms with Gasteiger partial charge in [-0.1, -0.05) is 18.3 Å². The molecule has 1 aromatic carbocycles. The van der Waals surface area contributed by atoms with Gasteiger partial charge in [0.05, 0.1) is 4.90 Å². The van der Waals surface area contributed by atoms with Crippen LogP contribution in [-0.4, -0.2) is 37.7 Å². The van der Waals surface area contributed by atoms with Crippen LogP contribution in [0, 0.1) is 11.8 Å². The van der Waals surface area contributed by atoms with E-state index in [-0.39, 0.29) is 16.2 Å². The minimum absolute atomic E-state index is 0.0691. The highest BCUT2D eigenvalue weighted by Crippen LogP contribution is 2.42. The Morgan fingerprint density at radius 2 is 2.00 bits per heavy atom. The van der Waals surface area contributed by atoms with E-state index in [4.69, 9.17) is 5.11 Å². The summed E-state index contributed by atoms with van der Waals surface area (Å²) in [5.74, 6) is 5.27. The van der Waals surface area contributed by atoms with Crippen molar-refractivity contribution in [1.29, 1.82) is 0 Å². The van der Waals surface area contributed by atoms with E-state index in [0.717, 1.165) is 12.8 Å². The van der Waals surface area contributed by atoms with Gasteiger partial charge in [-0.3, -0.25) is 0 Å². The summed E-state index contributed by atoms with van der Waals surface area (Å²) in [6, 6.07) is 6.36. The third-order valence-corrected chi connectivity index (χ3v) is 6.59. The van der Waals surface area contributed by atoms with Crippen molar-refractivity contribution in [1.82, 2.24) is 4.72 Å². The van der Waals surface area contributed by atoms with Crippen LogP contribution in [-0.2, 0) is 10.0 Å². The van der Waals surface area contributed by atoms with Gasteiger partial charge in [0.2, 0.25) is 10.0 Å². The molecule has 114 valence electrons. The van der Waals surface area contributed by atoms with Crippen molar-refractivity contribution in [2.75, 3.05) is 19.4 Å². The van der Waals surface area contributed by atoms with Crippen LogP contribution in [0.25, 0.3) is 0 Å². The molecular formula is C15H19NO3S2. The fourth-order valence-corrected chi connectivity index (χ4v) is 4.33. The number of aliphatic hydroxyl groups excluding tert-OH is 1. The summed E-state index contributed by atoms with van der Waals surface area (Å²) in [4.78, 5) is 0.243. The standard InChI is InChI=1S/C15H19NO3S2/c1-20-15(9-3-10-15)12-16-21(18,19)14-7-5-13(6-8-14)4-2-11-17/h5-8,16-17H,3,9-12H2,1H3. The van der Waals surface area contributed by atoms with E-state index in [2.05, 4.69) is 16.6 Å². The Labute approximate surface area is 130 Å². The molecule has 1 aromatic rings. The Hall–Kier alpha value is -1.00. The van der Waals surface area contributed by atoms with Crippen molar-refractivity contribution < 1.29 is 13.5 Å². The first-order chi connectivity index (χ1) is 10.0. The van der Waals surface area contributed by atoms with E-state index >= 15 is 0 Å². The molecule has 0 heterocycles. The highest BCUT2D eigenvalue weighted by Gasteiger charge is 2.37. The van der Waals surface area contributed by atoms with Crippen molar-refractivity contribution in [3.63, 3.8) is 0 Å². The minimum Gasteiger partial charge on any atom is -0.384 e. The molecule has 0 amide bonds. The van der Waals surface area contributed by atoms with Crippen LogP contribution in [0.1, 0.15) is 24.8 Å². The summed E-state index contributed by atoms with van der Waals surface area (Å²) >= 11 is 1.74. The third-order valence-electron chi connectivity index (χ3n) is 3.76. The molecule has 0 atom stereocenters. The normalized spacial score (nSPS) is 16.7. The summed E-state index contributed by atoms with van der Waals surface area (Å²) in [5.41, 5.74) is 0.683. The van der Waals surface area contributed by atoms with E-state index in [1.807, 2.05) is 6.26 Å². The average molecular weight is 325 g/mol. The van der Waals surface area contributed by atoms with Crippen LogP contribution in [0.2, 0.25) is 0 Å². The predicted octanol–water partition coefficient (Wildman–Crippen LogP) is 1.59. The first-order valence-corrected chi connectivity index (χ1v) is 9.47. The molecule has 1 aliphatic rings. The summed E-state index contributed by atoms with van der Waals surface area (Å²) < 4.78 is 27.3. The first kappa shape index (κ1) is 16.4. The Morgan fingerprint density at radius 1 is 1.33 bits per heavy atom. The number of benzene rings is 1. The molecule has 0 bridgehead atoms. The lowest BCUT2D eigenvalue weighted by atomic mass is 9.84. The SMILES string of the molecule is CSC1(CNS(=O)(=O)c2ccc(C#CCO)cc2)CCC1. The molecule has 0 unspecified atom stereocenters. The first-order valence-electron chi connectivity index (χ1n) is 6.76. The largest absolute Gasteiger partial charge is 0.384 e. The van der Waals surface area contributed by atoms with Crippen LogP contribution in [0.15, 0.2) is 29.2 Å². The molecule has 1 aliphatic carbocycles. The molecule has 4 nitrogen and oxygen atoms in total. The second-order valence-electron chi connectivity index (χ2n) is 5.05. The lowest BCUT2D eigenvalue weighted by molar-refractivity contribution is 0.350. The van der Waals surface area contributed by atoms with Crippen LogP contribution < -0.4 is 4.72 Å². The van der Waals surface area contributed by atoms with Crippen molar-refractivity contribution in [3.05, 3.63) is 29.8 Å². The van der Waals surface area contributed by atoms with Gasteiger partial charge in [-0.25, -0.2) is 13.1 Å². The van der Waals surface area contributed by atoms with E-state index < -0.39 is 10.0 Å². The molecule has 0 aliphatic heterocycles. The molecular weight excluding hydrogens is 306 g/mol. The molecule has 1 saturated carbocycles. The maximum absolute atomic E-state index is 12.3. The second-order valence-corrected chi connectivity index (χ2v) is 8.09. The van der Waals surface area contributed by atoms with Crippen molar-refractivity contribution in [3.8, 4) is 11.8 Å². The zero-order valence-corrected chi connectivity index (χ0v) is 13.6. The molecule has 6 heteroatoms. The zero-order chi connectivity index (χ0) is 15.3. The Kier molecular flexibility index (Phi) is 5.33. The van der Waals surface area contributed by atoms with Crippen molar-refractivity contribution in [2.45, 2.75) is 28.9 Å². The lowest BCUT2D eigenvalue weighted by Crippen LogP contribution is -2.45. The Bertz CT molecular complexity index is 632. The summed E-state index contributed by atoms with van der Waals surface area (Å²) in [5, 5.41) is 8.63. The van der Waals surface area contributed by atoms with Crippen LogP contribution in [0.5, 0.6) is 0 Å². The van der Waals surface area contributed by atoms with Gasteiger partial charge < -0.3 is 5.11 Å². The summed E-state index contributed by atoms with van der Waals surface area (Å²) in [7, 11) is -3.48. The molecule has 2 N–H and O–H groups in total. The van der Waals surface area contributed by atoms with Crippen LogP contribution in [0.4, 0.5) is 0 Å². The minimum atomic E-state index is -3.48. The third kappa shape index (κ3) is 4.01. The van der Waals surface area contributed by atoms with Gasteiger partial charge in [0.25, 0.3) is 0 Å². The molecule has 0 spiro atoms. The Morgan fingerprint density at radius 3 is 2.48 bits per heavy atom. The van der Waals surface area contributed by atoms with Gasteiger partial charge >= 0.3 is 0 Å². The number of hydrogen-bond donors (Lipinski definition) is 2. The Balaban J connectivity index is 2.05. The molecule has 21 heavy (non-hydrogen) atoms. The van der Waals surface area contributed by atoms with Gasteiger partial charge in [-0.05, 0) is 43.4 Å². The lowest BCUT2D eigenvalue weighted by Gasteiger charge is -2.40. The predicted molar refractivity (Wildman–Crippen MR) is 85.7 cm³/mol. The number of hydrogen-bond acceptors (Lipinski definition) is 4. The summed E-state index contributed by atoms with van der Waals surface area (Å²) in [6.45, 7) is 0.265. The van der Waals surface area contributed by atoms with Crippen LogP contribution in [0.3, 0.4) is 0 Å². The smallest absolute Gasteiger partial charge is 0.240 e. The zero-order valence-electron chi connectivity index (χ0n) is 11.9. The van der Waals surface area contributed by atoms with Gasteiger partial charge in [0.15, 0.2) is 0 Å². The van der Waals surface area contributed by atoms with Gasteiger partial charge in [0, 0.05) is 16.9 Å². The van der Waals surface area contributed by atoms with E-state index in [1.165, 1.54) is 18.6 Å². The quantitative estimate of drug-likeness (QED) is 0.807. The highest BCUT2D eigenvalue weighted by atomic mass is 32.2. The van der Waals surface area contributed by atoms with E-state index in [9.17, 15) is 8.42 Å². The number of aliphatic hydroxyl groups is 1. The molecule has 1 fully saturated rings. The number of rotatable bonds is 5. The van der Waals surface area contributed by atoms with Gasteiger partial charge in [0.1, 0.15) is 6.61 Å². The van der Waals surface area contributed by atoms with E-state index in [1.54, 1.807) is 23.9 Å². The summed E-state index contributed by atoms with van der Waals surface area (Å²) in [6.07, 6.45) is 5.32. The van der Waals surface area contributed by atoms with Gasteiger partial charge in [-0.2, -0.15) is 11.8 Å². The number of thioether (sulfide) groups is 1. The average Bonchev–Trinajstić information content (AvgIpc) is 2.45. The molecule has 0 radical (unpaired) electrons. The maximum Gasteiger partial charge on any atom is 0.240 e. The monoisotopic (exact) mass is 325 g/mol. The molecule has 2 rings (SSSR count). The fourth-order valence-electron chi connectivity index (χ4n) is 2.19. The topological polar surface area (TPSA) is 66.4 Å². The van der Waals surface area contributed by atoms with Crippen LogP contribution >= 0.6 is 11.8 Å². The second kappa shape index (κ2) is 6.84.